The van der Waals surface area contributed by atoms with Crippen LogP contribution < -0.4 is 4.72 Å². The Morgan fingerprint density at radius 2 is 1.71 bits per heavy atom. The van der Waals surface area contributed by atoms with Gasteiger partial charge in [-0.3, -0.25) is 9.52 Å². The highest BCUT2D eigenvalue weighted by atomic mass is 32.2. The summed E-state index contributed by atoms with van der Waals surface area (Å²) in [5.74, 6) is -0.183. The summed E-state index contributed by atoms with van der Waals surface area (Å²) in [6.45, 7) is 1.40. The molecule has 1 aromatic heterocycles. The molecule has 1 N–H and O–H groups in total. The number of benzene rings is 3. The Hall–Kier alpha value is -3.03. The van der Waals surface area contributed by atoms with E-state index in [1.54, 1.807) is 35.6 Å². The largest absolute Gasteiger partial charge is 0.295 e. The van der Waals surface area contributed by atoms with E-state index in [2.05, 4.69) is 9.71 Å². The quantitative estimate of drug-likeness (QED) is 0.473. The van der Waals surface area contributed by atoms with E-state index in [0.29, 0.717) is 11.3 Å². The minimum absolute atomic E-state index is 0.0513. The molecule has 0 saturated heterocycles. The second-order valence-corrected chi connectivity index (χ2v) is 8.97. The number of carbonyl (C=O) groups excluding carboxylic acids is 1. The van der Waals surface area contributed by atoms with Crippen molar-refractivity contribution in [3.05, 3.63) is 78.4 Å². The molecule has 0 amide bonds. The van der Waals surface area contributed by atoms with E-state index in [1.807, 2.05) is 36.4 Å². The second-order valence-electron chi connectivity index (χ2n) is 6.25. The molecule has 0 unspecified atom stereocenters. The van der Waals surface area contributed by atoms with Crippen molar-refractivity contribution in [2.45, 2.75) is 11.8 Å². The van der Waals surface area contributed by atoms with Crippen LogP contribution in [0.2, 0.25) is 0 Å². The first-order valence-electron chi connectivity index (χ1n) is 8.52. The summed E-state index contributed by atoms with van der Waals surface area (Å²) in [6, 6.07) is 21.0. The zero-order valence-corrected chi connectivity index (χ0v) is 16.5. The average Bonchev–Trinajstić information content (AvgIpc) is 3.12. The number of hydrogen-bond acceptors (Lipinski definition) is 5. The molecule has 140 valence electrons. The monoisotopic (exact) mass is 408 g/mol. The van der Waals surface area contributed by atoms with Crippen molar-refractivity contribution in [2.75, 3.05) is 4.72 Å². The third kappa shape index (κ3) is 3.67. The number of aromatic nitrogens is 1. The second kappa shape index (κ2) is 7.18. The van der Waals surface area contributed by atoms with Crippen LogP contribution in [-0.2, 0) is 10.0 Å². The number of thiazole rings is 1. The number of carbonyl (C=O) groups is 1. The molecule has 4 rings (SSSR count). The minimum Gasteiger partial charge on any atom is -0.295 e. The number of para-hydroxylation sites is 1. The Morgan fingerprint density at radius 3 is 2.43 bits per heavy atom. The van der Waals surface area contributed by atoms with Crippen LogP contribution in [0.5, 0.6) is 0 Å². The van der Waals surface area contributed by atoms with Gasteiger partial charge >= 0.3 is 0 Å². The fraction of sp³-hybridized carbons (Fsp3) is 0.0476. The van der Waals surface area contributed by atoms with Crippen LogP contribution in [0.1, 0.15) is 17.3 Å². The van der Waals surface area contributed by atoms with Crippen LogP contribution in [0.25, 0.3) is 20.8 Å². The van der Waals surface area contributed by atoms with E-state index in [4.69, 9.17) is 0 Å². The number of rotatable bonds is 5. The Morgan fingerprint density at radius 1 is 0.964 bits per heavy atom. The third-order valence-electron chi connectivity index (χ3n) is 4.23. The molecule has 1 heterocycles. The van der Waals surface area contributed by atoms with Gasteiger partial charge in [0.05, 0.1) is 15.1 Å². The van der Waals surface area contributed by atoms with Gasteiger partial charge in [0.25, 0.3) is 10.0 Å². The van der Waals surface area contributed by atoms with Gasteiger partial charge in [-0.25, -0.2) is 13.4 Å². The van der Waals surface area contributed by atoms with Crippen molar-refractivity contribution >= 4 is 43.0 Å². The lowest BCUT2D eigenvalue weighted by molar-refractivity contribution is 0.101. The molecule has 0 aliphatic rings. The average molecular weight is 409 g/mol. The summed E-state index contributed by atoms with van der Waals surface area (Å²) >= 11 is 1.59. The van der Waals surface area contributed by atoms with E-state index < -0.39 is 10.0 Å². The molecule has 0 aliphatic heterocycles. The van der Waals surface area contributed by atoms with Crippen molar-refractivity contribution in [1.29, 1.82) is 0 Å². The molecule has 0 atom stereocenters. The predicted molar refractivity (Wildman–Crippen MR) is 112 cm³/mol. The van der Waals surface area contributed by atoms with E-state index >= 15 is 0 Å². The Kier molecular flexibility index (Phi) is 4.70. The molecular formula is C21H16N2O3S2. The summed E-state index contributed by atoms with van der Waals surface area (Å²) < 4.78 is 28.9. The summed E-state index contributed by atoms with van der Waals surface area (Å²) in [5.41, 5.74) is 2.66. The van der Waals surface area contributed by atoms with Crippen LogP contribution in [0, 0.1) is 0 Å². The molecule has 0 fully saturated rings. The number of hydrogen-bond donors (Lipinski definition) is 1. The maximum absolute atomic E-state index is 12.6. The van der Waals surface area contributed by atoms with E-state index in [0.717, 1.165) is 20.8 Å². The van der Waals surface area contributed by atoms with Gasteiger partial charge in [0, 0.05) is 16.8 Å². The first-order chi connectivity index (χ1) is 13.4. The van der Waals surface area contributed by atoms with Crippen molar-refractivity contribution < 1.29 is 13.2 Å². The zero-order chi connectivity index (χ0) is 19.7. The topological polar surface area (TPSA) is 76.1 Å². The Bertz CT molecular complexity index is 1240. The van der Waals surface area contributed by atoms with E-state index in [1.165, 1.54) is 19.1 Å². The molecule has 4 aromatic rings. The van der Waals surface area contributed by atoms with Gasteiger partial charge in [0.2, 0.25) is 0 Å². The van der Waals surface area contributed by atoms with Crippen molar-refractivity contribution in [3.63, 3.8) is 0 Å². The SMILES string of the molecule is CC(=O)c1cccc(S(=O)(=O)Nc2ccc(-c3nc4ccccc4s3)cc2)c1. The maximum atomic E-state index is 12.6. The standard InChI is InChI=1S/C21H16N2O3S2/c1-14(24)16-5-4-6-18(13-16)28(25,26)23-17-11-9-15(10-12-17)21-22-19-7-2-3-8-20(19)27-21/h2-13,23H,1H3. The van der Waals surface area contributed by atoms with Gasteiger partial charge in [-0.05, 0) is 55.5 Å². The van der Waals surface area contributed by atoms with Crippen LogP contribution >= 0.6 is 11.3 Å². The number of nitrogens with zero attached hydrogens (tertiary/aromatic N) is 1. The van der Waals surface area contributed by atoms with Gasteiger partial charge in [0.1, 0.15) is 5.01 Å². The Balaban J connectivity index is 1.58. The predicted octanol–water partition coefficient (Wildman–Crippen LogP) is 4.97. The molecular weight excluding hydrogens is 392 g/mol. The van der Waals surface area contributed by atoms with Crippen molar-refractivity contribution in [1.82, 2.24) is 4.98 Å². The number of anilines is 1. The van der Waals surface area contributed by atoms with Gasteiger partial charge in [-0.1, -0.05) is 24.3 Å². The van der Waals surface area contributed by atoms with Crippen molar-refractivity contribution in [2.24, 2.45) is 0 Å². The normalized spacial score (nSPS) is 11.5. The molecule has 0 saturated carbocycles. The lowest BCUT2D eigenvalue weighted by Gasteiger charge is -2.09. The highest BCUT2D eigenvalue weighted by Crippen LogP contribution is 2.30. The summed E-state index contributed by atoms with van der Waals surface area (Å²) in [4.78, 5) is 16.2. The van der Waals surface area contributed by atoms with Gasteiger partial charge in [-0.15, -0.1) is 11.3 Å². The number of fused-ring (bicyclic) bond motifs is 1. The first kappa shape index (κ1) is 18.3. The third-order valence-corrected chi connectivity index (χ3v) is 6.69. The first-order valence-corrected chi connectivity index (χ1v) is 10.8. The van der Waals surface area contributed by atoms with Crippen LogP contribution in [0.15, 0.2) is 77.7 Å². The molecule has 7 heteroatoms. The zero-order valence-electron chi connectivity index (χ0n) is 14.9. The molecule has 28 heavy (non-hydrogen) atoms. The molecule has 0 aliphatic carbocycles. The van der Waals surface area contributed by atoms with Crippen LogP contribution in [0.3, 0.4) is 0 Å². The molecule has 0 spiro atoms. The summed E-state index contributed by atoms with van der Waals surface area (Å²) in [7, 11) is -3.78. The van der Waals surface area contributed by atoms with Crippen LogP contribution in [-0.4, -0.2) is 19.2 Å². The Labute approximate surface area is 166 Å². The summed E-state index contributed by atoms with van der Waals surface area (Å²) in [5, 5.41) is 0.879. The molecule has 5 nitrogen and oxygen atoms in total. The number of ketones is 1. The van der Waals surface area contributed by atoms with Crippen molar-refractivity contribution in [3.8, 4) is 10.6 Å². The number of nitrogens with one attached hydrogen (secondary N) is 1. The van der Waals surface area contributed by atoms with Crippen LogP contribution in [0.4, 0.5) is 5.69 Å². The number of sulfonamides is 1. The molecule has 3 aromatic carbocycles. The fourth-order valence-corrected chi connectivity index (χ4v) is 4.85. The minimum atomic E-state index is -3.78. The highest BCUT2D eigenvalue weighted by Gasteiger charge is 2.16. The van der Waals surface area contributed by atoms with Gasteiger partial charge < -0.3 is 0 Å². The van der Waals surface area contributed by atoms with Gasteiger partial charge in [-0.2, -0.15) is 0 Å². The highest BCUT2D eigenvalue weighted by molar-refractivity contribution is 7.92. The molecule has 0 bridgehead atoms. The number of Topliss-reactive ketones (excluding diaryl/α,β-unsaturated/α-hetero) is 1. The summed E-state index contributed by atoms with van der Waals surface area (Å²) in [6.07, 6.45) is 0. The lowest BCUT2D eigenvalue weighted by Crippen LogP contribution is -2.13. The lowest BCUT2D eigenvalue weighted by atomic mass is 10.2. The fourth-order valence-electron chi connectivity index (χ4n) is 2.77. The molecule has 0 radical (unpaired) electrons. The maximum Gasteiger partial charge on any atom is 0.261 e. The van der Waals surface area contributed by atoms with Gasteiger partial charge in [0.15, 0.2) is 5.78 Å². The van der Waals surface area contributed by atoms with E-state index in [-0.39, 0.29) is 10.7 Å². The smallest absolute Gasteiger partial charge is 0.261 e. The van der Waals surface area contributed by atoms with E-state index in [9.17, 15) is 13.2 Å².